The Labute approximate surface area is 106 Å². The van der Waals surface area contributed by atoms with Crippen LogP contribution in [0.1, 0.15) is 11.1 Å². The van der Waals surface area contributed by atoms with Crippen LogP contribution in [-0.2, 0) is 6.42 Å². The molecule has 0 fully saturated rings. The zero-order chi connectivity index (χ0) is 8.67. The Morgan fingerprint density at radius 2 is 1.07 bits per heavy atom. The van der Waals surface area contributed by atoms with Gasteiger partial charge >= 0.3 is 0 Å². The minimum Gasteiger partial charge on any atom is -0.0619 e. The molecule has 0 aromatic heterocycles. The molecule has 3 rings (SSSR count). The molecule has 1 aliphatic rings. The molecule has 63 valence electrons. The first kappa shape index (κ1) is 9.97. The van der Waals surface area contributed by atoms with Crippen molar-refractivity contribution in [3.63, 3.8) is 0 Å². The van der Waals surface area contributed by atoms with Gasteiger partial charge in [0.1, 0.15) is 0 Å². The van der Waals surface area contributed by atoms with Crippen molar-refractivity contribution < 1.29 is 0 Å². The maximum absolute atomic E-state index is 2.22. The summed E-state index contributed by atoms with van der Waals surface area (Å²) in [5.41, 5.74) is 5.75. The van der Waals surface area contributed by atoms with Crippen LogP contribution in [0.15, 0.2) is 48.5 Å². The second-order valence-corrected chi connectivity index (χ2v) is 3.49. The Kier molecular flexibility index (Phi) is 2.78. The van der Waals surface area contributed by atoms with E-state index in [-0.39, 0.29) is 29.6 Å². The first-order valence-electron chi connectivity index (χ1n) is 4.61. The molecule has 0 atom stereocenters. The fraction of sp³-hybridized carbons (Fsp3) is 0.0769. The van der Waals surface area contributed by atoms with Crippen LogP contribution < -0.4 is 0 Å². The molecule has 14 heavy (non-hydrogen) atoms. The summed E-state index contributed by atoms with van der Waals surface area (Å²) in [5, 5.41) is 0. The maximum Gasteiger partial charge on any atom is 0 e. The first-order valence-corrected chi connectivity index (χ1v) is 4.61. The summed E-state index contributed by atoms with van der Waals surface area (Å²) in [6, 6.07) is 17.3. The minimum atomic E-state index is 0. The summed E-state index contributed by atoms with van der Waals surface area (Å²) in [5.74, 6) is 0. The molecular formula is C13H10Na. The molecule has 2 aromatic carbocycles. The quantitative estimate of drug-likeness (QED) is 0.477. The van der Waals surface area contributed by atoms with Gasteiger partial charge in [-0.2, -0.15) is 0 Å². The Bertz CT molecular complexity index is 417. The van der Waals surface area contributed by atoms with Crippen molar-refractivity contribution in [1.29, 1.82) is 0 Å². The van der Waals surface area contributed by atoms with Crippen LogP contribution in [0.2, 0.25) is 0 Å². The predicted octanol–water partition coefficient (Wildman–Crippen LogP) is 2.88. The van der Waals surface area contributed by atoms with Crippen molar-refractivity contribution in [3.8, 4) is 11.1 Å². The molecular weight excluding hydrogens is 179 g/mol. The van der Waals surface area contributed by atoms with E-state index in [9.17, 15) is 0 Å². The average molecular weight is 189 g/mol. The van der Waals surface area contributed by atoms with Gasteiger partial charge in [0.25, 0.3) is 0 Å². The maximum atomic E-state index is 2.22. The van der Waals surface area contributed by atoms with E-state index in [1.807, 2.05) is 0 Å². The molecule has 0 saturated carbocycles. The van der Waals surface area contributed by atoms with Crippen molar-refractivity contribution in [2.24, 2.45) is 0 Å². The zero-order valence-electron chi connectivity index (χ0n) is 8.33. The Balaban J connectivity index is 0.000000750. The molecule has 0 bridgehead atoms. The molecule has 0 amide bonds. The van der Waals surface area contributed by atoms with Crippen LogP contribution in [-0.4, -0.2) is 29.6 Å². The Hall–Kier alpha value is -0.560. The zero-order valence-corrected chi connectivity index (χ0v) is 10.3. The SMILES string of the molecule is [Na].c1ccc2c(c1)Cc1ccccc1-2. The van der Waals surface area contributed by atoms with Gasteiger partial charge in [0, 0.05) is 29.6 Å². The molecule has 0 heterocycles. The van der Waals surface area contributed by atoms with Gasteiger partial charge in [-0.15, -0.1) is 0 Å². The topological polar surface area (TPSA) is 0 Å². The summed E-state index contributed by atoms with van der Waals surface area (Å²) in [6.07, 6.45) is 1.10. The molecule has 0 spiro atoms. The molecule has 0 nitrogen and oxygen atoms in total. The van der Waals surface area contributed by atoms with E-state index in [2.05, 4.69) is 48.5 Å². The summed E-state index contributed by atoms with van der Waals surface area (Å²) >= 11 is 0. The normalized spacial score (nSPS) is 11.4. The van der Waals surface area contributed by atoms with Gasteiger partial charge in [-0.05, 0) is 28.7 Å². The number of fused-ring (bicyclic) bond motifs is 3. The monoisotopic (exact) mass is 189 g/mol. The van der Waals surface area contributed by atoms with Gasteiger partial charge < -0.3 is 0 Å². The van der Waals surface area contributed by atoms with Crippen LogP contribution in [0, 0.1) is 0 Å². The van der Waals surface area contributed by atoms with Gasteiger partial charge in [-0.1, -0.05) is 48.5 Å². The number of rotatable bonds is 0. The third-order valence-corrected chi connectivity index (χ3v) is 2.71. The number of hydrogen-bond acceptors (Lipinski definition) is 0. The third kappa shape index (κ3) is 1.44. The fourth-order valence-electron chi connectivity index (χ4n) is 2.08. The minimum absolute atomic E-state index is 0. The van der Waals surface area contributed by atoms with E-state index in [0.717, 1.165) is 6.42 Å². The molecule has 0 N–H and O–H groups in total. The van der Waals surface area contributed by atoms with Crippen LogP contribution in [0.25, 0.3) is 11.1 Å². The molecule has 1 aliphatic carbocycles. The van der Waals surface area contributed by atoms with Crippen molar-refractivity contribution in [1.82, 2.24) is 0 Å². The number of benzene rings is 2. The summed E-state index contributed by atoms with van der Waals surface area (Å²) in [7, 11) is 0. The van der Waals surface area contributed by atoms with E-state index in [4.69, 9.17) is 0 Å². The van der Waals surface area contributed by atoms with E-state index in [1.54, 1.807) is 0 Å². The van der Waals surface area contributed by atoms with E-state index in [0.29, 0.717) is 0 Å². The smallest absolute Gasteiger partial charge is 0 e. The van der Waals surface area contributed by atoms with Crippen molar-refractivity contribution in [2.45, 2.75) is 6.42 Å². The predicted molar refractivity (Wildman–Crippen MR) is 60.4 cm³/mol. The largest absolute Gasteiger partial charge is 0.0619 e. The molecule has 0 aliphatic heterocycles. The second kappa shape index (κ2) is 3.90. The van der Waals surface area contributed by atoms with Gasteiger partial charge in [-0.3, -0.25) is 0 Å². The molecule has 2 aromatic rings. The molecule has 1 heteroatoms. The van der Waals surface area contributed by atoms with Crippen molar-refractivity contribution in [2.75, 3.05) is 0 Å². The molecule has 1 radical (unpaired) electrons. The van der Waals surface area contributed by atoms with Gasteiger partial charge in [0.15, 0.2) is 0 Å². The van der Waals surface area contributed by atoms with Gasteiger partial charge in [-0.25, -0.2) is 0 Å². The van der Waals surface area contributed by atoms with Crippen molar-refractivity contribution in [3.05, 3.63) is 59.7 Å². The summed E-state index contributed by atoms with van der Waals surface area (Å²) in [4.78, 5) is 0. The van der Waals surface area contributed by atoms with Crippen LogP contribution in [0.5, 0.6) is 0 Å². The first-order chi connectivity index (χ1) is 6.45. The standard InChI is InChI=1S/C13H10.Na/c1-3-7-12-10(5-1)9-11-6-2-4-8-13(11)12;/h1-8H,9H2;. The van der Waals surface area contributed by atoms with E-state index >= 15 is 0 Å². The van der Waals surface area contributed by atoms with Crippen LogP contribution >= 0.6 is 0 Å². The Morgan fingerprint density at radius 3 is 1.57 bits per heavy atom. The molecule has 0 saturated heterocycles. The van der Waals surface area contributed by atoms with Crippen LogP contribution in [0.3, 0.4) is 0 Å². The van der Waals surface area contributed by atoms with Crippen LogP contribution in [0.4, 0.5) is 0 Å². The molecule has 0 unspecified atom stereocenters. The second-order valence-electron chi connectivity index (χ2n) is 3.49. The number of hydrogen-bond donors (Lipinski definition) is 0. The average Bonchev–Trinajstić information content (AvgIpc) is 2.56. The van der Waals surface area contributed by atoms with Gasteiger partial charge in [0.05, 0.1) is 0 Å². The van der Waals surface area contributed by atoms with E-state index in [1.165, 1.54) is 22.3 Å². The summed E-state index contributed by atoms with van der Waals surface area (Å²) in [6.45, 7) is 0. The Morgan fingerprint density at radius 1 is 0.643 bits per heavy atom. The van der Waals surface area contributed by atoms with Crippen molar-refractivity contribution >= 4 is 29.6 Å². The van der Waals surface area contributed by atoms with E-state index < -0.39 is 0 Å². The third-order valence-electron chi connectivity index (χ3n) is 2.71. The van der Waals surface area contributed by atoms with Gasteiger partial charge in [0.2, 0.25) is 0 Å². The fourth-order valence-corrected chi connectivity index (χ4v) is 2.08. The summed E-state index contributed by atoms with van der Waals surface area (Å²) < 4.78 is 0.